The van der Waals surface area contributed by atoms with Crippen LogP contribution in [0.2, 0.25) is 0 Å². The first kappa shape index (κ1) is 27.2. The van der Waals surface area contributed by atoms with Crippen molar-refractivity contribution in [3.05, 3.63) is 60.0 Å². The molecule has 0 bridgehead atoms. The Bertz CT molecular complexity index is 1260. The number of halogens is 6. The van der Waals surface area contributed by atoms with Crippen LogP contribution in [0, 0.1) is 11.8 Å². The number of aromatic nitrogens is 4. The second kappa shape index (κ2) is 10.5. The molecule has 2 aromatic heterocycles. The molecular formula is C22H18F6N6O. The Morgan fingerprint density at radius 2 is 1.77 bits per heavy atom. The minimum atomic E-state index is -4.80. The summed E-state index contributed by atoms with van der Waals surface area (Å²) < 4.78 is 78.8. The van der Waals surface area contributed by atoms with Crippen molar-refractivity contribution in [2.75, 3.05) is 5.32 Å². The Hall–Kier alpha value is -4.01. The highest BCUT2D eigenvalue weighted by Gasteiger charge is 2.34. The van der Waals surface area contributed by atoms with E-state index in [1.807, 2.05) is 0 Å². The third kappa shape index (κ3) is 8.69. The normalized spacial score (nSPS) is 13.0. The van der Waals surface area contributed by atoms with Gasteiger partial charge in [0, 0.05) is 5.70 Å². The second-order valence-electron chi connectivity index (χ2n) is 7.32. The lowest BCUT2D eigenvalue weighted by molar-refractivity contribution is -0.141. The molecule has 0 atom stereocenters. The van der Waals surface area contributed by atoms with E-state index in [4.69, 9.17) is 0 Å². The van der Waals surface area contributed by atoms with Gasteiger partial charge < -0.3 is 10.4 Å². The molecule has 2 aromatic rings. The van der Waals surface area contributed by atoms with Crippen LogP contribution in [0.5, 0.6) is 0 Å². The molecule has 0 saturated carbocycles. The molecule has 0 aliphatic rings. The third-order valence-corrected chi connectivity index (χ3v) is 3.63. The first-order valence-corrected chi connectivity index (χ1v) is 9.59. The molecule has 7 nitrogen and oxygen atoms in total. The molecule has 0 amide bonds. The average Bonchev–Trinajstić information content (AvgIpc) is 2.73. The fourth-order valence-electron chi connectivity index (χ4n) is 2.25. The van der Waals surface area contributed by atoms with Gasteiger partial charge in [0.25, 0.3) is 0 Å². The predicted octanol–water partition coefficient (Wildman–Crippen LogP) is 4.69. The van der Waals surface area contributed by atoms with E-state index >= 15 is 0 Å². The van der Waals surface area contributed by atoms with Gasteiger partial charge in [0.2, 0.25) is 11.8 Å². The van der Waals surface area contributed by atoms with Crippen LogP contribution in [0.25, 0.3) is 11.5 Å². The number of alkyl halides is 6. The van der Waals surface area contributed by atoms with E-state index in [9.17, 15) is 31.4 Å². The van der Waals surface area contributed by atoms with Gasteiger partial charge in [0.1, 0.15) is 22.7 Å². The standard InChI is InChI=1S/C22H18F6N6O/c1-5-11-29-16(22(26,27)28)12-13(2)30-19-33-17(9-10-20(3,4)35)32-18(34-19)14-7-6-8-15(31-14)21(23,24)25/h6-8,11-12,35H,1H2,2-4H3,(H,30,32,33,34)/b13-12+,29-16+. The fraction of sp³-hybridized carbons (Fsp3) is 0.273. The Labute approximate surface area is 196 Å². The van der Waals surface area contributed by atoms with Crippen LogP contribution in [-0.4, -0.2) is 42.5 Å². The number of rotatable bonds is 5. The highest BCUT2D eigenvalue weighted by molar-refractivity contribution is 6.00. The number of nitrogens with zero attached hydrogens (tertiary/aromatic N) is 5. The van der Waals surface area contributed by atoms with Gasteiger partial charge in [0.05, 0.1) is 6.20 Å². The van der Waals surface area contributed by atoms with Crippen molar-refractivity contribution in [1.82, 2.24) is 19.9 Å². The lowest BCUT2D eigenvalue weighted by atomic mass is 10.1. The monoisotopic (exact) mass is 496 g/mol. The maximum Gasteiger partial charge on any atom is 0.433 e. The van der Waals surface area contributed by atoms with Gasteiger partial charge in [-0.15, -0.1) is 5.73 Å². The van der Waals surface area contributed by atoms with Crippen LogP contribution < -0.4 is 5.32 Å². The van der Waals surface area contributed by atoms with Crippen molar-refractivity contribution in [2.45, 2.75) is 38.7 Å². The largest absolute Gasteiger partial charge is 0.433 e. The van der Waals surface area contributed by atoms with E-state index in [2.05, 4.69) is 54.4 Å². The molecule has 2 rings (SSSR count). The number of nitrogens with one attached hydrogen (secondary N) is 1. The van der Waals surface area contributed by atoms with Crippen LogP contribution in [0.15, 0.2) is 53.5 Å². The van der Waals surface area contributed by atoms with Gasteiger partial charge in [0.15, 0.2) is 5.82 Å². The lowest BCUT2D eigenvalue weighted by Gasteiger charge is -2.11. The average molecular weight is 496 g/mol. The van der Waals surface area contributed by atoms with Crippen molar-refractivity contribution >= 4 is 11.7 Å². The smallest absolute Gasteiger partial charge is 0.378 e. The summed E-state index contributed by atoms with van der Waals surface area (Å²) in [6, 6.07) is 3.05. The maximum atomic E-state index is 13.2. The molecule has 0 aliphatic heterocycles. The first-order chi connectivity index (χ1) is 16.1. The van der Waals surface area contributed by atoms with Gasteiger partial charge in [-0.2, -0.15) is 41.3 Å². The molecule has 2 heterocycles. The number of hydrogen-bond acceptors (Lipinski definition) is 7. The lowest BCUT2D eigenvalue weighted by Crippen LogP contribution is -2.21. The van der Waals surface area contributed by atoms with Crippen molar-refractivity contribution in [3.63, 3.8) is 0 Å². The summed E-state index contributed by atoms with van der Waals surface area (Å²) in [5, 5.41) is 12.3. The molecule has 2 N–H and O–H groups in total. The molecule has 184 valence electrons. The SMILES string of the molecule is C=C=C/N=C(\C=C(/C)Nc1nc(C#CC(C)(C)O)nc(-c2cccc(C(F)(F)F)n2)n1)C(F)(F)F. The van der Waals surface area contributed by atoms with Crippen LogP contribution in [0.1, 0.15) is 32.3 Å². The number of allylic oxidation sites excluding steroid dienone is 2. The van der Waals surface area contributed by atoms with Crippen molar-refractivity contribution in [3.8, 4) is 23.4 Å². The Balaban J connectivity index is 2.59. The minimum Gasteiger partial charge on any atom is -0.378 e. The Kier molecular flexibility index (Phi) is 8.17. The number of anilines is 1. The van der Waals surface area contributed by atoms with Crippen molar-refractivity contribution < 1.29 is 31.4 Å². The summed E-state index contributed by atoms with van der Waals surface area (Å²) in [7, 11) is 0. The Morgan fingerprint density at radius 3 is 2.34 bits per heavy atom. The summed E-state index contributed by atoms with van der Waals surface area (Å²) in [5.74, 6) is 3.95. The fourth-order valence-corrected chi connectivity index (χ4v) is 2.25. The summed E-state index contributed by atoms with van der Waals surface area (Å²) in [6.45, 7) is 7.14. The van der Waals surface area contributed by atoms with Gasteiger partial charge >= 0.3 is 12.4 Å². The number of aliphatic imine (C=N–C) groups is 1. The Morgan fingerprint density at radius 1 is 1.09 bits per heavy atom. The zero-order chi connectivity index (χ0) is 26.4. The third-order valence-electron chi connectivity index (χ3n) is 3.63. The summed E-state index contributed by atoms with van der Waals surface area (Å²) >= 11 is 0. The zero-order valence-electron chi connectivity index (χ0n) is 18.5. The van der Waals surface area contributed by atoms with E-state index in [1.54, 1.807) is 0 Å². The quantitative estimate of drug-likeness (QED) is 0.270. The molecule has 0 fully saturated rings. The minimum absolute atomic E-state index is 0.117. The van der Waals surface area contributed by atoms with Crippen molar-refractivity contribution in [1.29, 1.82) is 0 Å². The summed E-state index contributed by atoms with van der Waals surface area (Å²) in [5.41, 5.74) is -2.24. The molecule has 0 aliphatic carbocycles. The molecular weight excluding hydrogens is 478 g/mol. The zero-order valence-corrected chi connectivity index (χ0v) is 18.5. The molecule has 13 heteroatoms. The highest BCUT2D eigenvalue weighted by Crippen LogP contribution is 2.29. The number of aliphatic hydroxyl groups is 1. The molecule has 0 radical (unpaired) electrons. The van der Waals surface area contributed by atoms with Crippen LogP contribution in [0.4, 0.5) is 32.3 Å². The topological polar surface area (TPSA) is 96.2 Å². The van der Waals surface area contributed by atoms with Gasteiger partial charge in [-0.05, 0) is 44.9 Å². The summed E-state index contributed by atoms with van der Waals surface area (Å²) in [4.78, 5) is 18.6. The maximum absolute atomic E-state index is 13.2. The van der Waals surface area contributed by atoms with E-state index in [0.29, 0.717) is 6.08 Å². The molecule has 0 unspecified atom stereocenters. The van der Waals surface area contributed by atoms with E-state index in [-0.39, 0.29) is 29.0 Å². The second-order valence-corrected chi connectivity index (χ2v) is 7.32. The van der Waals surface area contributed by atoms with E-state index in [0.717, 1.165) is 18.3 Å². The molecule has 35 heavy (non-hydrogen) atoms. The van der Waals surface area contributed by atoms with Crippen molar-refractivity contribution in [2.24, 2.45) is 4.99 Å². The van der Waals surface area contributed by atoms with Gasteiger partial charge in [-0.25, -0.2) is 9.98 Å². The van der Waals surface area contributed by atoms with Gasteiger partial charge in [-0.1, -0.05) is 18.6 Å². The highest BCUT2D eigenvalue weighted by atomic mass is 19.4. The number of hydrogen-bond donors (Lipinski definition) is 2. The molecule has 0 spiro atoms. The van der Waals surface area contributed by atoms with Crippen LogP contribution in [-0.2, 0) is 6.18 Å². The molecule has 0 aromatic carbocycles. The van der Waals surface area contributed by atoms with Gasteiger partial charge in [-0.3, -0.25) is 0 Å². The number of pyridine rings is 1. The molecule has 0 saturated heterocycles. The first-order valence-electron chi connectivity index (χ1n) is 9.59. The van der Waals surface area contributed by atoms with E-state index < -0.39 is 29.4 Å². The van der Waals surface area contributed by atoms with Crippen LogP contribution in [0.3, 0.4) is 0 Å². The predicted molar refractivity (Wildman–Crippen MR) is 116 cm³/mol. The van der Waals surface area contributed by atoms with Crippen LogP contribution >= 0.6 is 0 Å². The summed E-state index contributed by atoms with van der Waals surface area (Å²) in [6.07, 6.45) is -8.15. The van der Waals surface area contributed by atoms with E-state index in [1.165, 1.54) is 26.8 Å².